The Morgan fingerprint density at radius 1 is 1.05 bits per heavy atom. The quantitative estimate of drug-likeness (QED) is 0.562. The van der Waals surface area contributed by atoms with Gasteiger partial charge in [-0.25, -0.2) is 0 Å². The van der Waals surface area contributed by atoms with Crippen LogP contribution in [-0.4, -0.2) is 17.5 Å². The van der Waals surface area contributed by atoms with E-state index in [2.05, 4.69) is 23.7 Å². The molecule has 19 heavy (non-hydrogen) atoms. The topological polar surface area (TPSA) is 37.3 Å². The third-order valence-electron chi connectivity index (χ3n) is 2.06. The molecule has 2 heteroatoms. The van der Waals surface area contributed by atoms with Gasteiger partial charge in [0, 0.05) is 12.8 Å². The lowest BCUT2D eigenvalue weighted by molar-refractivity contribution is -0.119. The van der Waals surface area contributed by atoms with Gasteiger partial charge in [0.2, 0.25) is 0 Å². The lowest BCUT2D eigenvalue weighted by atomic mass is 10.1. The van der Waals surface area contributed by atoms with E-state index in [4.69, 9.17) is 5.11 Å². The maximum absolute atomic E-state index is 11.2. The zero-order valence-corrected chi connectivity index (χ0v) is 11.4. The molecular formula is C17H20O2. The zero-order chi connectivity index (χ0) is 14.2. The number of hydrogen-bond acceptors (Lipinski definition) is 2. The van der Waals surface area contributed by atoms with Crippen molar-refractivity contribution in [3.63, 3.8) is 0 Å². The van der Waals surface area contributed by atoms with E-state index in [1.165, 1.54) is 0 Å². The van der Waals surface area contributed by atoms with Gasteiger partial charge < -0.3 is 5.11 Å². The molecule has 0 fully saturated rings. The van der Waals surface area contributed by atoms with Crippen molar-refractivity contribution in [2.75, 3.05) is 6.61 Å². The number of allylic oxidation sites excluding steroid dienone is 5. The highest BCUT2D eigenvalue weighted by molar-refractivity contribution is 5.78. The van der Waals surface area contributed by atoms with Crippen molar-refractivity contribution < 1.29 is 9.90 Å². The van der Waals surface area contributed by atoms with Crippen LogP contribution in [0.25, 0.3) is 0 Å². The largest absolute Gasteiger partial charge is 0.392 e. The van der Waals surface area contributed by atoms with Crippen molar-refractivity contribution in [2.24, 2.45) is 0 Å². The molecule has 0 rings (SSSR count). The predicted octanol–water partition coefficient (Wildman–Crippen LogP) is 2.80. The van der Waals surface area contributed by atoms with Crippen LogP contribution in [0.1, 0.15) is 32.6 Å². The van der Waals surface area contributed by atoms with Gasteiger partial charge in [0.15, 0.2) is 0 Å². The van der Waals surface area contributed by atoms with Crippen LogP contribution in [0.3, 0.4) is 0 Å². The Morgan fingerprint density at radius 3 is 2.47 bits per heavy atom. The Labute approximate surface area is 115 Å². The second-order valence-electron chi connectivity index (χ2n) is 3.74. The monoisotopic (exact) mass is 256 g/mol. The summed E-state index contributed by atoms with van der Waals surface area (Å²) in [6, 6.07) is 0. The number of aliphatic hydroxyl groups excluding tert-OH is 1. The first kappa shape index (κ1) is 17.0. The minimum absolute atomic E-state index is 0.00638. The van der Waals surface area contributed by atoms with E-state index >= 15 is 0 Å². The Balaban J connectivity index is 3.78. The Morgan fingerprint density at radius 2 is 1.79 bits per heavy atom. The van der Waals surface area contributed by atoms with E-state index in [1.807, 2.05) is 25.2 Å². The van der Waals surface area contributed by atoms with Crippen molar-refractivity contribution in [1.82, 2.24) is 0 Å². The highest BCUT2D eigenvalue weighted by Gasteiger charge is 1.96. The van der Waals surface area contributed by atoms with Crippen LogP contribution in [-0.2, 0) is 4.79 Å². The Hall–Kier alpha value is -2.03. The Kier molecular flexibility index (Phi) is 12.5. The fourth-order valence-electron chi connectivity index (χ4n) is 1.19. The molecule has 1 N–H and O–H groups in total. The van der Waals surface area contributed by atoms with Crippen LogP contribution in [0.15, 0.2) is 36.5 Å². The molecule has 0 amide bonds. The summed E-state index contributed by atoms with van der Waals surface area (Å²) >= 11 is 0. The molecule has 0 aliphatic heterocycles. The van der Waals surface area contributed by atoms with Crippen LogP contribution in [0.2, 0.25) is 0 Å². The molecule has 100 valence electrons. The molecule has 0 aliphatic carbocycles. The molecule has 0 bridgehead atoms. The van der Waals surface area contributed by atoms with Crippen LogP contribution >= 0.6 is 0 Å². The summed E-state index contributed by atoms with van der Waals surface area (Å²) in [5, 5.41) is 8.44. The van der Waals surface area contributed by atoms with Crippen molar-refractivity contribution in [2.45, 2.75) is 32.6 Å². The average molecular weight is 256 g/mol. The molecule has 0 saturated heterocycles. The van der Waals surface area contributed by atoms with E-state index in [0.29, 0.717) is 18.6 Å². The van der Waals surface area contributed by atoms with Crippen molar-refractivity contribution in [3.05, 3.63) is 36.5 Å². The van der Waals surface area contributed by atoms with Crippen LogP contribution < -0.4 is 0 Å². The number of hydrogen-bond donors (Lipinski definition) is 1. The number of aliphatic hydroxyl groups is 1. The standard InChI is InChI=1S/C17H20O2/c1-2-14-17(19)15-12-10-8-6-4-3-5-7-9-11-13-16-18/h4,6,8,10-11,13,18H,2,12,14-16H2,1H3/b6-4+,10-8+,13-11-. The molecule has 0 radical (unpaired) electrons. The van der Waals surface area contributed by atoms with E-state index in [-0.39, 0.29) is 6.61 Å². The molecular weight excluding hydrogens is 236 g/mol. The molecule has 0 aromatic carbocycles. The molecule has 0 unspecified atom stereocenters. The normalized spacial score (nSPS) is 10.4. The first-order chi connectivity index (χ1) is 9.31. The molecule has 2 nitrogen and oxygen atoms in total. The van der Waals surface area contributed by atoms with Crippen LogP contribution in [0.5, 0.6) is 0 Å². The number of Topliss-reactive ketones (excluding diaryl/α,β-unsaturated/α-hetero) is 1. The average Bonchev–Trinajstić information content (AvgIpc) is 2.40. The fraction of sp³-hybridized carbons (Fsp3) is 0.353. The summed E-state index contributed by atoms with van der Waals surface area (Å²) in [6.07, 6.45) is 13.5. The van der Waals surface area contributed by atoms with Crippen molar-refractivity contribution in [3.8, 4) is 23.7 Å². The minimum atomic E-state index is -0.00638. The zero-order valence-electron chi connectivity index (χ0n) is 11.4. The van der Waals surface area contributed by atoms with Crippen LogP contribution in [0, 0.1) is 23.7 Å². The summed E-state index contributed by atoms with van der Waals surface area (Å²) in [5.74, 6) is 11.0. The highest BCUT2D eigenvalue weighted by atomic mass is 16.2. The lowest BCUT2D eigenvalue weighted by Crippen LogP contribution is -1.94. The van der Waals surface area contributed by atoms with Crippen molar-refractivity contribution >= 4 is 5.78 Å². The lowest BCUT2D eigenvalue weighted by Gasteiger charge is -1.93. The second kappa shape index (κ2) is 14.0. The summed E-state index contributed by atoms with van der Waals surface area (Å²) in [6.45, 7) is 2.01. The van der Waals surface area contributed by atoms with Gasteiger partial charge in [0.1, 0.15) is 5.78 Å². The number of ketones is 1. The Bertz CT molecular complexity index is 445. The molecule has 0 aliphatic rings. The smallest absolute Gasteiger partial charge is 0.133 e. The summed E-state index contributed by atoms with van der Waals surface area (Å²) in [7, 11) is 0. The number of carbonyl (C=O) groups excluding carboxylic acids is 1. The predicted molar refractivity (Wildman–Crippen MR) is 79.2 cm³/mol. The summed E-state index contributed by atoms with van der Waals surface area (Å²) < 4.78 is 0. The first-order valence-corrected chi connectivity index (χ1v) is 6.41. The van der Waals surface area contributed by atoms with Crippen LogP contribution in [0.4, 0.5) is 0 Å². The number of carbonyl (C=O) groups is 1. The van der Waals surface area contributed by atoms with Gasteiger partial charge >= 0.3 is 0 Å². The SMILES string of the molecule is CCCC(=O)CC/C=C/C=C/C#CC#C/C=C\CO. The van der Waals surface area contributed by atoms with Gasteiger partial charge in [0.05, 0.1) is 6.61 Å². The minimum Gasteiger partial charge on any atom is -0.392 e. The van der Waals surface area contributed by atoms with Gasteiger partial charge in [-0.05, 0) is 36.8 Å². The molecule has 0 saturated carbocycles. The first-order valence-electron chi connectivity index (χ1n) is 6.41. The second-order valence-corrected chi connectivity index (χ2v) is 3.74. The van der Waals surface area contributed by atoms with Gasteiger partial charge in [-0.3, -0.25) is 4.79 Å². The van der Waals surface area contributed by atoms with Crippen molar-refractivity contribution in [1.29, 1.82) is 0 Å². The van der Waals surface area contributed by atoms with Gasteiger partial charge in [-0.2, -0.15) is 0 Å². The van der Waals surface area contributed by atoms with E-state index < -0.39 is 0 Å². The van der Waals surface area contributed by atoms with E-state index in [1.54, 1.807) is 18.2 Å². The third-order valence-corrected chi connectivity index (χ3v) is 2.06. The fourth-order valence-corrected chi connectivity index (χ4v) is 1.19. The summed E-state index contributed by atoms with van der Waals surface area (Å²) in [5.41, 5.74) is 0. The van der Waals surface area contributed by atoms with Gasteiger partial charge in [-0.1, -0.05) is 43.1 Å². The molecule has 0 aromatic heterocycles. The molecule has 0 atom stereocenters. The van der Waals surface area contributed by atoms with E-state index in [9.17, 15) is 4.79 Å². The maximum atomic E-state index is 11.2. The number of rotatable bonds is 7. The van der Waals surface area contributed by atoms with E-state index in [0.717, 1.165) is 12.8 Å². The maximum Gasteiger partial charge on any atom is 0.133 e. The third kappa shape index (κ3) is 13.9. The van der Waals surface area contributed by atoms with Gasteiger partial charge in [-0.15, -0.1) is 0 Å². The molecule has 0 spiro atoms. The van der Waals surface area contributed by atoms with Gasteiger partial charge in [0.25, 0.3) is 0 Å². The highest BCUT2D eigenvalue weighted by Crippen LogP contribution is 1.98. The molecule has 0 aromatic rings. The molecule has 0 heterocycles. The summed E-state index contributed by atoms with van der Waals surface area (Å²) in [4.78, 5) is 11.2.